The summed E-state index contributed by atoms with van der Waals surface area (Å²) in [7, 11) is -4.20. The first-order chi connectivity index (χ1) is 5.47. The van der Waals surface area contributed by atoms with Gasteiger partial charge in [-0.25, -0.2) is 4.57 Å². The number of hydrogen-bond acceptors (Lipinski definition) is 2. The Morgan fingerprint density at radius 3 is 2.33 bits per heavy atom. The zero-order valence-electron chi connectivity index (χ0n) is 6.94. The summed E-state index contributed by atoms with van der Waals surface area (Å²) in [5, 5.41) is 0. The number of phosphoric acid groups is 1. The molecule has 0 saturated heterocycles. The molecule has 0 atom stereocenters. The molecular formula is C6H14ClO4P. The minimum absolute atomic E-state index is 0.140. The van der Waals surface area contributed by atoms with Crippen molar-refractivity contribution in [3.05, 3.63) is 12.1 Å². The van der Waals surface area contributed by atoms with Crippen LogP contribution in [-0.4, -0.2) is 16.4 Å². The molecule has 74 valence electrons. The fraction of sp³-hybridized carbons (Fsp3) is 0.667. The third kappa shape index (κ3) is 22.5. The molecule has 0 aromatic rings. The van der Waals surface area contributed by atoms with Gasteiger partial charge >= 0.3 is 7.82 Å². The van der Waals surface area contributed by atoms with Crippen LogP contribution < -0.4 is 0 Å². The Bertz CT molecular complexity index is 144. The Balaban J connectivity index is 0. The van der Waals surface area contributed by atoms with E-state index in [4.69, 9.17) is 21.4 Å². The molecule has 0 aromatic carbocycles. The maximum Gasteiger partial charge on any atom is 0.469 e. The topological polar surface area (TPSA) is 66.8 Å². The maximum absolute atomic E-state index is 9.98. The van der Waals surface area contributed by atoms with Crippen LogP contribution in [0, 0.1) is 0 Å². The predicted molar refractivity (Wildman–Crippen MR) is 49.0 cm³/mol. The van der Waals surface area contributed by atoms with Gasteiger partial charge in [-0.2, -0.15) is 0 Å². The monoisotopic (exact) mass is 216 g/mol. The lowest BCUT2D eigenvalue weighted by Crippen LogP contribution is -1.90. The normalized spacial score (nSPS) is 10.0. The first-order valence-electron chi connectivity index (χ1n) is 3.39. The second kappa shape index (κ2) is 9.23. The first kappa shape index (κ1) is 14.7. The lowest BCUT2D eigenvalue weighted by atomic mass is 10.4. The summed E-state index contributed by atoms with van der Waals surface area (Å²) in [5.74, 6) is 0. The molecule has 0 unspecified atom stereocenters. The second-order valence-corrected chi connectivity index (χ2v) is 3.38. The number of halogens is 1. The summed E-state index contributed by atoms with van der Waals surface area (Å²) in [6, 6.07) is 0. The van der Waals surface area contributed by atoms with E-state index in [2.05, 4.69) is 11.1 Å². The Hall–Kier alpha value is 0.140. The van der Waals surface area contributed by atoms with E-state index in [-0.39, 0.29) is 6.61 Å². The highest BCUT2D eigenvalue weighted by Gasteiger charge is 2.11. The minimum Gasteiger partial charge on any atom is -0.303 e. The lowest BCUT2D eigenvalue weighted by Gasteiger charge is -2.02. The summed E-state index contributed by atoms with van der Waals surface area (Å²) < 4.78 is 14.1. The zero-order valence-corrected chi connectivity index (χ0v) is 8.59. The van der Waals surface area contributed by atoms with Crippen molar-refractivity contribution >= 4 is 19.4 Å². The lowest BCUT2D eigenvalue weighted by molar-refractivity contribution is 0.194. The van der Waals surface area contributed by atoms with Crippen LogP contribution in [0.5, 0.6) is 0 Å². The van der Waals surface area contributed by atoms with Gasteiger partial charge in [0.15, 0.2) is 0 Å². The molecule has 6 heteroatoms. The number of hydrogen-bond donors (Lipinski definition) is 2. The Morgan fingerprint density at radius 2 is 2.08 bits per heavy atom. The molecule has 0 rings (SSSR count). The molecule has 0 heterocycles. The highest BCUT2D eigenvalue weighted by molar-refractivity contribution is 7.46. The van der Waals surface area contributed by atoms with Gasteiger partial charge in [0.2, 0.25) is 0 Å². The quantitative estimate of drug-likeness (QED) is 0.559. The molecule has 0 bridgehead atoms. The van der Waals surface area contributed by atoms with Gasteiger partial charge in [0.1, 0.15) is 0 Å². The Kier molecular flexibility index (Phi) is 11.3. The average molecular weight is 217 g/mol. The second-order valence-electron chi connectivity index (χ2n) is 1.83. The highest BCUT2D eigenvalue weighted by Crippen LogP contribution is 2.35. The first-order valence-corrected chi connectivity index (χ1v) is 5.35. The van der Waals surface area contributed by atoms with Crippen molar-refractivity contribution in [1.82, 2.24) is 0 Å². The SMILES string of the molecule is C=CCl.CCCCOP(=O)(O)O. The molecular weight excluding hydrogens is 202 g/mol. The van der Waals surface area contributed by atoms with E-state index in [1.165, 1.54) is 5.54 Å². The molecule has 0 aromatic heterocycles. The third-order valence-corrected chi connectivity index (χ3v) is 1.28. The summed E-state index contributed by atoms with van der Waals surface area (Å²) in [5.41, 5.74) is 1.22. The average Bonchev–Trinajstić information content (AvgIpc) is 1.87. The van der Waals surface area contributed by atoms with Crippen molar-refractivity contribution in [2.24, 2.45) is 0 Å². The van der Waals surface area contributed by atoms with Crippen LogP contribution in [0.25, 0.3) is 0 Å². The van der Waals surface area contributed by atoms with Crippen LogP contribution in [0.3, 0.4) is 0 Å². The zero-order chi connectivity index (χ0) is 10.0. The molecule has 0 saturated carbocycles. The van der Waals surface area contributed by atoms with Gasteiger partial charge in [0.05, 0.1) is 6.61 Å². The van der Waals surface area contributed by atoms with Crippen molar-refractivity contribution in [3.63, 3.8) is 0 Å². The van der Waals surface area contributed by atoms with E-state index in [1.807, 2.05) is 6.92 Å². The smallest absolute Gasteiger partial charge is 0.303 e. The standard InChI is InChI=1S/C4H11O4P.C2H3Cl/c1-2-3-4-8-9(5,6)7;1-2-3/h2-4H2,1H3,(H2,5,6,7);2H,1H2. The Morgan fingerprint density at radius 1 is 1.67 bits per heavy atom. The largest absolute Gasteiger partial charge is 0.469 e. The van der Waals surface area contributed by atoms with E-state index < -0.39 is 7.82 Å². The molecule has 0 radical (unpaired) electrons. The van der Waals surface area contributed by atoms with E-state index >= 15 is 0 Å². The molecule has 0 aliphatic rings. The van der Waals surface area contributed by atoms with E-state index in [0.29, 0.717) is 6.42 Å². The summed E-state index contributed by atoms with van der Waals surface area (Å²) >= 11 is 4.76. The summed E-state index contributed by atoms with van der Waals surface area (Å²) in [4.78, 5) is 16.3. The van der Waals surface area contributed by atoms with Crippen LogP contribution in [0.15, 0.2) is 12.1 Å². The molecule has 12 heavy (non-hydrogen) atoms. The number of rotatable bonds is 4. The van der Waals surface area contributed by atoms with Crippen molar-refractivity contribution in [2.75, 3.05) is 6.61 Å². The van der Waals surface area contributed by atoms with Crippen LogP contribution in [0.1, 0.15) is 19.8 Å². The van der Waals surface area contributed by atoms with Crippen LogP contribution in [0.2, 0.25) is 0 Å². The fourth-order valence-electron chi connectivity index (χ4n) is 0.328. The van der Waals surface area contributed by atoms with Gasteiger partial charge in [0, 0.05) is 0 Å². The van der Waals surface area contributed by atoms with Crippen molar-refractivity contribution < 1.29 is 18.9 Å². The van der Waals surface area contributed by atoms with Crippen molar-refractivity contribution in [2.45, 2.75) is 19.8 Å². The number of unbranched alkanes of at least 4 members (excludes halogenated alkanes) is 1. The third-order valence-electron chi connectivity index (χ3n) is 0.757. The maximum atomic E-state index is 9.98. The molecule has 0 amide bonds. The molecule has 0 spiro atoms. The van der Waals surface area contributed by atoms with Crippen molar-refractivity contribution in [3.8, 4) is 0 Å². The fourth-order valence-corrected chi connectivity index (χ4v) is 0.695. The van der Waals surface area contributed by atoms with E-state index in [9.17, 15) is 4.57 Å². The molecule has 0 aliphatic carbocycles. The molecule has 0 fully saturated rings. The molecule has 4 nitrogen and oxygen atoms in total. The highest BCUT2D eigenvalue weighted by atomic mass is 35.5. The van der Waals surface area contributed by atoms with Gasteiger partial charge < -0.3 is 9.79 Å². The molecule has 0 aliphatic heterocycles. The van der Waals surface area contributed by atoms with Gasteiger partial charge in [-0.3, -0.25) is 4.52 Å². The predicted octanol–water partition coefficient (Wildman–Crippen LogP) is 2.26. The van der Waals surface area contributed by atoms with Gasteiger partial charge in [0.25, 0.3) is 0 Å². The van der Waals surface area contributed by atoms with Crippen LogP contribution >= 0.6 is 19.4 Å². The van der Waals surface area contributed by atoms with Crippen LogP contribution in [-0.2, 0) is 9.09 Å². The van der Waals surface area contributed by atoms with Gasteiger partial charge in [-0.1, -0.05) is 31.5 Å². The summed E-state index contributed by atoms with van der Waals surface area (Å²) in [6.45, 7) is 5.19. The Labute approximate surface area is 77.4 Å². The van der Waals surface area contributed by atoms with Crippen LogP contribution in [0.4, 0.5) is 0 Å². The van der Waals surface area contributed by atoms with E-state index in [0.717, 1.165) is 6.42 Å². The molecule has 2 N–H and O–H groups in total. The van der Waals surface area contributed by atoms with Gasteiger partial charge in [-0.15, -0.1) is 0 Å². The minimum atomic E-state index is -4.20. The van der Waals surface area contributed by atoms with Crippen molar-refractivity contribution in [1.29, 1.82) is 0 Å². The number of phosphoric ester groups is 1. The van der Waals surface area contributed by atoms with E-state index in [1.54, 1.807) is 0 Å². The van der Waals surface area contributed by atoms with Gasteiger partial charge in [-0.05, 0) is 12.0 Å². The summed E-state index contributed by atoms with van der Waals surface area (Å²) in [6.07, 6.45) is 1.56.